The van der Waals surface area contributed by atoms with Crippen LogP contribution in [-0.4, -0.2) is 0 Å². The van der Waals surface area contributed by atoms with Gasteiger partial charge in [0.25, 0.3) is 0 Å². The van der Waals surface area contributed by atoms with E-state index >= 15 is 0 Å². The van der Waals surface area contributed by atoms with Crippen LogP contribution in [0, 0.1) is 181 Å². The third-order valence-corrected chi connectivity index (χ3v) is 27.6. The Morgan fingerprint density at radius 3 is 0.336 bits per heavy atom. The van der Waals surface area contributed by atoms with Crippen LogP contribution in [-0.2, 0) is 42.1 Å². The van der Waals surface area contributed by atoms with Gasteiger partial charge in [-0.1, -0.05) is 372 Å². The summed E-state index contributed by atoms with van der Waals surface area (Å²) in [6.07, 6.45) is 12.8. The van der Waals surface area contributed by atoms with Crippen molar-refractivity contribution >= 4 is 95.3 Å². The first-order valence-corrected chi connectivity index (χ1v) is 43.3. The summed E-state index contributed by atoms with van der Waals surface area (Å²) in [6, 6.07) is 129. The summed E-state index contributed by atoms with van der Waals surface area (Å²) in [4.78, 5) is 0. The fourth-order valence-corrected chi connectivity index (χ4v) is 20.2. The van der Waals surface area contributed by atoms with Gasteiger partial charge >= 0.3 is 42.1 Å². The van der Waals surface area contributed by atoms with Gasteiger partial charge < -0.3 is 12.8 Å². The van der Waals surface area contributed by atoms with E-state index in [2.05, 4.69) is 448 Å². The van der Waals surface area contributed by atoms with Gasteiger partial charge in [0, 0.05) is 0 Å². The first-order valence-electron chi connectivity index (χ1n) is 37.9. The van der Waals surface area contributed by atoms with Crippen molar-refractivity contribution in [1.29, 1.82) is 0 Å². The average Bonchev–Trinajstić information content (AvgIpc) is 0.827. The average molecular weight is 1930 g/mol. The fraction of sp³-hybridized carbons (Fsp3) is 0.127. The molecular formula is C110H98P4Pt2. The molecule has 14 rings (SSSR count). The normalized spacial score (nSPS) is 9.69. The van der Waals surface area contributed by atoms with Crippen molar-refractivity contribution in [3.8, 4) is 59.2 Å². The van der Waals surface area contributed by atoms with Gasteiger partial charge in [0.2, 0.25) is 0 Å². The Bertz CT molecular complexity index is 4530. The van der Waals surface area contributed by atoms with Crippen LogP contribution in [0.4, 0.5) is 0 Å². The molecule has 116 heavy (non-hydrogen) atoms. The van der Waals surface area contributed by atoms with Gasteiger partial charge in [-0.15, -0.1) is 11.8 Å². The van der Waals surface area contributed by atoms with Crippen molar-refractivity contribution in [3.63, 3.8) is 0 Å². The third kappa shape index (κ3) is 32.7. The predicted octanol–water partition coefficient (Wildman–Crippen LogP) is 21.2. The molecule has 6 heteroatoms. The largest absolute Gasteiger partial charge is 2.00 e. The van der Waals surface area contributed by atoms with Crippen LogP contribution in [0.15, 0.2) is 340 Å². The molecule has 0 N–H and O–H groups in total. The number of benzene rings is 14. The Kier molecular flexibility index (Phi) is 41.9. The minimum atomic E-state index is -0.483. The molecule has 0 aliphatic heterocycles. The number of hydrogen-bond donors (Lipinski definition) is 0. The van der Waals surface area contributed by atoms with E-state index in [-0.39, 0.29) is 42.1 Å². The van der Waals surface area contributed by atoms with Gasteiger partial charge in [-0.3, -0.25) is 11.8 Å². The molecule has 0 aromatic heterocycles. The quantitative estimate of drug-likeness (QED) is 0.0650. The molecule has 14 aromatic carbocycles. The third-order valence-electron chi connectivity index (χ3n) is 17.8. The Morgan fingerprint density at radius 1 is 0.155 bits per heavy atom. The smallest absolute Gasteiger partial charge is 0.358 e. The van der Waals surface area contributed by atoms with Gasteiger partial charge in [0.15, 0.2) is 0 Å². The van der Waals surface area contributed by atoms with Crippen molar-refractivity contribution in [1.82, 2.24) is 0 Å². The van der Waals surface area contributed by atoms with E-state index in [1.54, 1.807) is 0 Å². The summed E-state index contributed by atoms with van der Waals surface area (Å²) in [5.74, 6) is 22.2. The van der Waals surface area contributed by atoms with Gasteiger partial charge in [0.05, 0.1) is 0 Å². The van der Waals surface area contributed by atoms with Gasteiger partial charge in [-0.25, -0.2) is 11.8 Å². The van der Waals surface area contributed by atoms with E-state index in [1.807, 2.05) is 60.4 Å². The number of aryl methyl sites for hydroxylation is 14. The van der Waals surface area contributed by atoms with Gasteiger partial charge in [-0.05, 0) is 202 Å². The monoisotopic (exact) mass is 1930 g/mol. The first-order chi connectivity index (χ1) is 55.2. The Labute approximate surface area is 729 Å². The van der Waals surface area contributed by atoms with Crippen LogP contribution < -0.4 is 63.7 Å². The van der Waals surface area contributed by atoms with Crippen LogP contribution in [0.2, 0.25) is 0 Å². The fourth-order valence-electron chi connectivity index (χ4n) is 11.3. The van der Waals surface area contributed by atoms with Crippen molar-refractivity contribution in [2.24, 2.45) is 0 Å². The minimum Gasteiger partial charge on any atom is -0.358 e. The summed E-state index contributed by atoms with van der Waals surface area (Å²) in [6.45, 7) is 29.8. The molecule has 0 bridgehead atoms. The molecule has 0 nitrogen and oxygen atoms in total. The maximum absolute atomic E-state index is 6.40. The molecule has 0 radical (unpaired) electrons. The van der Waals surface area contributed by atoms with Crippen molar-refractivity contribution in [2.75, 3.05) is 0 Å². The molecule has 0 spiro atoms. The molecule has 0 atom stereocenters. The number of rotatable bonds is 12. The Morgan fingerprint density at radius 2 is 0.250 bits per heavy atom. The predicted molar refractivity (Wildman–Crippen MR) is 503 cm³/mol. The zero-order valence-corrected chi connectivity index (χ0v) is 76.9. The van der Waals surface area contributed by atoms with Crippen LogP contribution in [0.1, 0.15) is 77.9 Å². The van der Waals surface area contributed by atoms with E-state index in [0.717, 1.165) is 0 Å². The first kappa shape index (κ1) is 94.4. The van der Waals surface area contributed by atoms with Crippen molar-refractivity contribution in [2.45, 2.75) is 96.9 Å². The summed E-state index contributed by atoms with van der Waals surface area (Å²) >= 11 is 0. The second-order valence-electron chi connectivity index (χ2n) is 27.8. The second-order valence-corrected chi connectivity index (χ2v) is 36.7. The zero-order valence-electron chi connectivity index (χ0n) is 68.8. The molecule has 0 fully saturated rings. The van der Waals surface area contributed by atoms with Crippen LogP contribution in [0.3, 0.4) is 0 Å². The van der Waals surface area contributed by atoms with Crippen LogP contribution >= 0.6 is 31.7 Å². The summed E-state index contributed by atoms with van der Waals surface area (Å²) < 4.78 is 0. The van der Waals surface area contributed by atoms with Crippen molar-refractivity contribution < 1.29 is 42.1 Å². The van der Waals surface area contributed by atoms with Crippen LogP contribution in [0.5, 0.6) is 0 Å². The summed E-state index contributed by atoms with van der Waals surface area (Å²) in [7, 11) is -1.93. The molecule has 0 aliphatic rings. The molecule has 578 valence electrons. The van der Waals surface area contributed by atoms with E-state index in [9.17, 15) is 0 Å². The summed E-state index contributed by atoms with van der Waals surface area (Å²) in [5, 5.41) is 16.9. The molecule has 0 unspecified atom stereocenters. The molecule has 0 aliphatic carbocycles. The molecule has 0 saturated heterocycles. The minimum absolute atomic E-state index is 0. The van der Waals surface area contributed by atoms with E-state index in [1.165, 1.54) is 142 Å². The molecular weight excluding hydrogens is 1840 g/mol. The van der Waals surface area contributed by atoms with Gasteiger partial charge in [0.1, 0.15) is 0 Å². The topological polar surface area (TPSA) is 0 Å². The van der Waals surface area contributed by atoms with E-state index in [4.69, 9.17) is 12.8 Å². The molecule has 0 amide bonds. The maximum atomic E-state index is 6.40. The van der Waals surface area contributed by atoms with Crippen LogP contribution in [0.25, 0.3) is 0 Å². The molecule has 0 heterocycles. The van der Waals surface area contributed by atoms with Gasteiger partial charge in [-0.2, -0.15) is 71.8 Å². The van der Waals surface area contributed by atoms with Crippen molar-refractivity contribution in [3.05, 3.63) is 443 Å². The SMILES string of the molecule is Cc1cc[c-]cc1.Cc1cc[c-]cc1.Cc1ccc(P(c2ccc(C)cc2)c2ccc(C)cc2)cc1.Cc1ccc(P(c2ccc(C)cc2)c2ccc(C)cc2)cc1.Cc1ccc(P(c2ccc(C)cc2)c2ccc(C)cc2)cc1.Cc1ccc(P(c2ccc(C)cc2)c2ccc(C)cc2)cc1.[C-]#CC#CC#CC#CC#CC#[C-].[Pt+2].[Pt+2]. The van der Waals surface area contributed by atoms with E-state index in [0.29, 0.717) is 0 Å². The summed E-state index contributed by atoms with van der Waals surface area (Å²) in [5.41, 5.74) is 18.3. The molecule has 14 aromatic rings. The molecule has 0 saturated carbocycles. The Balaban J connectivity index is 0.000000217. The number of hydrogen-bond acceptors (Lipinski definition) is 0. The van der Waals surface area contributed by atoms with E-state index < -0.39 is 31.7 Å². The zero-order chi connectivity index (χ0) is 81.4. The standard InChI is InChI=1S/4C21H21P.C12.2C7H7.2Pt/c4*1-16-4-10-19(11-5-16)22(20-12-6-17(2)7-13-20)21-14-8-18(3)9-15-21;1-3-5-7-9-11-12-10-8-6-4-2;2*1-7-5-3-2-4-6-7;;/h4*4-15H,1-3H3;;2*3-6H,1H3;;/q;;;;-2;2*-1;2*+2. The Hall–Kier alpha value is -10.5. The second kappa shape index (κ2) is 51.5. The maximum Gasteiger partial charge on any atom is 2.00 e.